The number of carbonyl (C=O) groups is 1. The second kappa shape index (κ2) is 5.63. The molecule has 0 bridgehead atoms. The largest absolute Gasteiger partial charge is 0.480 e. The number of nitrogens with one attached hydrogen (secondary N) is 1. The summed E-state index contributed by atoms with van der Waals surface area (Å²) in [5, 5.41) is 12.7. The first-order chi connectivity index (χ1) is 8.55. The van der Waals surface area contributed by atoms with E-state index in [1.807, 2.05) is 58.9 Å². The molecule has 19 heavy (non-hydrogen) atoms. The zero-order valence-electron chi connectivity index (χ0n) is 12.1. The fraction of sp³-hybridized carbons (Fsp3) is 0.533. The Hall–Kier alpha value is -0.870. The maximum atomic E-state index is 11.5. The highest BCUT2D eigenvalue weighted by atomic mass is 79.9. The van der Waals surface area contributed by atoms with Gasteiger partial charge in [0.05, 0.1) is 0 Å². The molecule has 1 atom stereocenters. The predicted molar refractivity (Wildman–Crippen MR) is 81.2 cm³/mol. The fourth-order valence-electron chi connectivity index (χ4n) is 2.06. The van der Waals surface area contributed by atoms with Crippen molar-refractivity contribution < 1.29 is 9.90 Å². The molecule has 3 nitrogen and oxygen atoms in total. The third-order valence-electron chi connectivity index (χ3n) is 3.17. The average Bonchev–Trinajstić information content (AvgIpc) is 2.24. The summed E-state index contributed by atoms with van der Waals surface area (Å²) in [5.41, 5.74) is 0.256. The Morgan fingerprint density at radius 2 is 1.74 bits per heavy atom. The van der Waals surface area contributed by atoms with E-state index in [4.69, 9.17) is 0 Å². The molecule has 106 valence electrons. The lowest BCUT2D eigenvalue weighted by molar-refractivity contribution is -0.143. The number of hydrogen-bond donors (Lipinski definition) is 2. The summed E-state index contributed by atoms with van der Waals surface area (Å²) < 4.78 is 0.977. The molecule has 0 saturated heterocycles. The molecule has 1 aromatic rings. The van der Waals surface area contributed by atoms with E-state index in [0.717, 1.165) is 10.0 Å². The number of halogens is 1. The van der Waals surface area contributed by atoms with Crippen molar-refractivity contribution in [3.05, 3.63) is 34.3 Å². The lowest BCUT2D eigenvalue weighted by Crippen LogP contribution is -2.53. The van der Waals surface area contributed by atoms with Crippen LogP contribution in [0.2, 0.25) is 0 Å². The number of benzene rings is 1. The van der Waals surface area contributed by atoms with Gasteiger partial charge in [0.15, 0.2) is 0 Å². The first-order valence-electron chi connectivity index (χ1n) is 6.31. The topological polar surface area (TPSA) is 49.3 Å². The van der Waals surface area contributed by atoms with Crippen LogP contribution in [0, 0.1) is 5.41 Å². The van der Waals surface area contributed by atoms with Crippen LogP contribution in [-0.2, 0) is 10.3 Å². The summed E-state index contributed by atoms with van der Waals surface area (Å²) in [5.74, 6) is -0.826. The van der Waals surface area contributed by atoms with Crippen molar-refractivity contribution >= 4 is 21.9 Å². The van der Waals surface area contributed by atoms with Crippen molar-refractivity contribution in [2.45, 2.75) is 46.2 Å². The van der Waals surface area contributed by atoms with Crippen molar-refractivity contribution in [3.63, 3.8) is 0 Å². The summed E-state index contributed by atoms with van der Waals surface area (Å²) in [4.78, 5) is 11.5. The minimum absolute atomic E-state index is 0.357. The Morgan fingerprint density at radius 3 is 2.16 bits per heavy atom. The van der Waals surface area contributed by atoms with E-state index in [1.54, 1.807) is 0 Å². The van der Waals surface area contributed by atoms with Gasteiger partial charge in [0.25, 0.3) is 0 Å². The molecule has 0 aliphatic rings. The molecule has 2 N–H and O–H groups in total. The summed E-state index contributed by atoms with van der Waals surface area (Å²) >= 11 is 3.52. The number of hydrogen-bond acceptors (Lipinski definition) is 2. The molecular formula is C15H22BrNO2. The first kappa shape index (κ1) is 16.2. The Labute approximate surface area is 123 Å². The third-order valence-corrected chi connectivity index (χ3v) is 3.86. The second-order valence-corrected chi connectivity index (χ2v) is 7.24. The Kier molecular flexibility index (Phi) is 4.80. The maximum Gasteiger partial charge on any atom is 0.321 e. The molecule has 0 saturated carbocycles. The van der Waals surface area contributed by atoms with Crippen LogP contribution in [0.4, 0.5) is 0 Å². The van der Waals surface area contributed by atoms with Crippen molar-refractivity contribution in [1.29, 1.82) is 0 Å². The highest BCUT2D eigenvalue weighted by Crippen LogP contribution is 2.31. The third kappa shape index (κ3) is 4.05. The molecule has 1 aromatic carbocycles. The zero-order valence-corrected chi connectivity index (χ0v) is 13.7. The van der Waals surface area contributed by atoms with Gasteiger partial charge in [-0.05, 0) is 30.9 Å². The first-order valence-corrected chi connectivity index (χ1v) is 7.10. The quantitative estimate of drug-likeness (QED) is 0.884. The summed E-state index contributed by atoms with van der Waals surface area (Å²) in [6, 6.07) is 7.25. The molecular weight excluding hydrogens is 306 g/mol. The summed E-state index contributed by atoms with van der Waals surface area (Å²) in [6.45, 7) is 9.77. The van der Waals surface area contributed by atoms with E-state index in [9.17, 15) is 9.90 Å². The minimum Gasteiger partial charge on any atom is -0.480 e. The highest BCUT2D eigenvalue weighted by Gasteiger charge is 2.36. The van der Waals surface area contributed by atoms with Gasteiger partial charge in [-0.25, -0.2) is 0 Å². The molecule has 0 radical (unpaired) electrons. The molecule has 0 amide bonds. The van der Waals surface area contributed by atoms with Crippen molar-refractivity contribution in [3.8, 4) is 0 Å². The number of aliphatic carboxylic acids is 1. The van der Waals surface area contributed by atoms with Crippen molar-refractivity contribution in [2.24, 2.45) is 5.41 Å². The van der Waals surface area contributed by atoms with Gasteiger partial charge in [0.2, 0.25) is 0 Å². The van der Waals surface area contributed by atoms with Gasteiger partial charge in [0.1, 0.15) is 6.04 Å². The van der Waals surface area contributed by atoms with Crippen LogP contribution in [0.5, 0.6) is 0 Å². The van der Waals surface area contributed by atoms with Gasteiger partial charge in [-0.3, -0.25) is 10.1 Å². The van der Waals surface area contributed by atoms with Crippen molar-refractivity contribution in [1.82, 2.24) is 5.32 Å². The maximum absolute atomic E-state index is 11.5. The van der Waals surface area contributed by atoms with E-state index in [-0.39, 0.29) is 5.41 Å². The molecule has 0 aliphatic heterocycles. The minimum atomic E-state index is -0.826. The van der Waals surface area contributed by atoms with Crippen LogP contribution in [0.1, 0.15) is 40.2 Å². The van der Waals surface area contributed by atoms with Crippen molar-refractivity contribution in [2.75, 3.05) is 0 Å². The number of rotatable bonds is 4. The lowest BCUT2D eigenvalue weighted by Gasteiger charge is -2.37. The SMILES string of the molecule is CC(C)(NC(C(=O)O)C(C)(C)C)c1ccccc1Br. The van der Waals surface area contributed by atoms with Crippen LogP contribution in [0.15, 0.2) is 28.7 Å². The Bertz CT molecular complexity index is 463. The standard InChI is InChI=1S/C15H22BrNO2/c1-14(2,3)12(13(18)19)17-15(4,5)10-8-6-7-9-11(10)16/h6-9,12,17H,1-5H3,(H,18,19). The van der Waals surface area contributed by atoms with E-state index >= 15 is 0 Å². The molecule has 0 aromatic heterocycles. The molecule has 0 spiro atoms. The predicted octanol–water partition coefficient (Wildman–Crippen LogP) is 3.77. The van der Waals surface area contributed by atoms with Crippen LogP contribution in [0.3, 0.4) is 0 Å². The van der Waals surface area contributed by atoms with E-state index in [1.165, 1.54) is 0 Å². The van der Waals surface area contributed by atoms with Crippen LogP contribution >= 0.6 is 15.9 Å². The zero-order chi connectivity index (χ0) is 14.8. The van der Waals surface area contributed by atoms with Gasteiger partial charge in [-0.2, -0.15) is 0 Å². The second-order valence-electron chi connectivity index (χ2n) is 6.39. The average molecular weight is 328 g/mol. The molecule has 0 heterocycles. The fourth-order valence-corrected chi connectivity index (χ4v) is 2.84. The molecule has 1 unspecified atom stereocenters. The lowest BCUT2D eigenvalue weighted by atomic mass is 9.83. The monoisotopic (exact) mass is 327 g/mol. The van der Waals surface area contributed by atoms with E-state index < -0.39 is 17.6 Å². The van der Waals surface area contributed by atoms with Gasteiger partial charge < -0.3 is 5.11 Å². The van der Waals surface area contributed by atoms with E-state index in [2.05, 4.69) is 21.2 Å². The highest BCUT2D eigenvalue weighted by molar-refractivity contribution is 9.10. The van der Waals surface area contributed by atoms with Crippen LogP contribution in [0.25, 0.3) is 0 Å². The van der Waals surface area contributed by atoms with Gasteiger partial charge in [-0.1, -0.05) is 54.9 Å². The number of carboxylic acid groups (broad SMARTS) is 1. The molecule has 4 heteroatoms. The van der Waals surface area contributed by atoms with Gasteiger partial charge in [-0.15, -0.1) is 0 Å². The summed E-state index contributed by atoms with van der Waals surface area (Å²) in [7, 11) is 0. The molecule has 1 rings (SSSR count). The smallest absolute Gasteiger partial charge is 0.321 e. The molecule has 0 aliphatic carbocycles. The van der Waals surface area contributed by atoms with E-state index in [0.29, 0.717) is 0 Å². The van der Waals surface area contributed by atoms with Gasteiger partial charge in [0, 0.05) is 10.0 Å². The normalized spacial score (nSPS) is 14.2. The van der Waals surface area contributed by atoms with Crippen LogP contribution < -0.4 is 5.32 Å². The Morgan fingerprint density at radius 1 is 1.21 bits per heavy atom. The van der Waals surface area contributed by atoms with Gasteiger partial charge >= 0.3 is 5.97 Å². The number of carboxylic acids is 1. The molecule has 0 fully saturated rings. The summed E-state index contributed by atoms with van der Waals surface area (Å²) in [6.07, 6.45) is 0. The van der Waals surface area contributed by atoms with Crippen LogP contribution in [-0.4, -0.2) is 17.1 Å². The Balaban J connectivity index is 3.08.